The number of nitrogens with one attached hydrogen (secondary N) is 1. The van der Waals surface area contributed by atoms with Gasteiger partial charge in [-0.1, -0.05) is 48.5 Å². The summed E-state index contributed by atoms with van der Waals surface area (Å²) in [5.41, 5.74) is 3.17. The van der Waals surface area contributed by atoms with Gasteiger partial charge in [-0.05, 0) is 50.8 Å². The van der Waals surface area contributed by atoms with Gasteiger partial charge in [-0.25, -0.2) is 4.79 Å². The fourth-order valence-electron chi connectivity index (χ4n) is 3.26. The fourth-order valence-corrected chi connectivity index (χ4v) is 3.26. The number of benzene rings is 2. The summed E-state index contributed by atoms with van der Waals surface area (Å²) in [6, 6.07) is 21.0. The van der Waals surface area contributed by atoms with Crippen LogP contribution in [0.15, 0.2) is 60.7 Å². The van der Waals surface area contributed by atoms with E-state index in [4.69, 9.17) is 4.74 Å². The normalized spacial score (nSPS) is 12.7. The van der Waals surface area contributed by atoms with E-state index in [1.165, 1.54) is 22.2 Å². The second kappa shape index (κ2) is 7.87. The first-order valence-electron chi connectivity index (χ1n) is 9.42. The molecule has 2 aromatic carbocycles. The Kier molecular flexibility index (Phi) is 5.54. The van der Waals surface area contributed by atoms with E-state index in [9.17, 15) is 4.79 Å². The van der Waals surface area contributed by atoms with Crippen molar-refractivity contribution in [2.75, 3.05) is 0 Å². The number of hydrogen-bond donors (Lipinski definition) is 1. The standard InChI is InChI=1S/C23H28N2O2/c1-17(24-22(26)27-23(2,3)4)14-20-15-19-12-8-9-13-21(19)25(20)16-18-10-6-5-7-11-18/h5-13,15,17H,14,16H2,1-4H3,(H,24,26)/t17-/m1/s1. The first-order chi connectivity index (χ1) is 12.8. The highest BCUT2D eigenvalue weighted by atomic mass is 16.6. The van der Waals surface area contributed by atoms with Gasteiger partial charge >= 0.3 is 6.09 Å². The molecule has 0 unspecified atom stereocenters. The molecule has 0 aliphatic carbocycles. The maximum atomic E-state index is 12.1. The van der Waals surface area contributed by atoms with Gasteiger partial charge < -0.3 is 14.6 Å². The Morgan fingerprint density at radius 1 is 1.07 bits per heavy atom. The lowest BCUT2D eigenvalue weighted by Gasteiger charge is -2.22. The molecule has 0 spiro atoms. The van der Waals surface area contributed by atoms with Gasteiger partial charge in [0.25, 0.3) is 0 Å². The number of rotatable bonds is 5. The molecule has 1 N–H and O–H groups in total. The Labute approximate surface area is 161 Å². The number of amides is 1. The number of ether oxygens (including phenoxy) is 1. The van der Waals surface area contributed by atoms with Crippen LogP contribution in [0.4, 0.5) is 4.79 Å². The molecule has 0 saturated heterocycles. The molecule has 1 atom stereocenters. The summed E-state index contributed by atoms with van der Waals surface area (Å²) in [5.74, 6) is 0. The number of nitrogens with zero attached hydrogens (tertiary/aromatic N) is 1. The van der Waals surface area contributed by atoms with Crippen molar-refractivity contribution >= 4 is 17.0 Å². The van der Waals surface area contributed by atoms with E-state index in [1.807, 2.05) is 33.8 Å². The molecule has 0 radical (unpaired) electrons. The summed E-state index contributed by atoms with van der Waals surface area (Å²) in [6.45, 7) is 8.43. The lowest BCUT2D eigenvalue weighted by Crippen LogP contribution is -2.38. The smallest absolute Gasteiger partial charge is 0.407 e. The van der Waals surface area contributed by atoms with Gasteiger partial charge in [-0.15, -0.1) is 0 Å². The molecule has 4 nitrogen and oxygen atoms in total. The van der Waals surface area contributed by atoms with Crippen molar-refractivity contribution in [2.45, 2.75) is 52.3 Å². The van der Waals surface area contributed by atoms with Crippen LogP contribution in [0.1, 0.15) is 39.0 Å². The number of para-hydroxylation sites is 1. The van der Waals surface area contributed by atoms with E-state index >= 15 is 0 Å². The number of aromatic nitrogens is 1. The molecule has 0 fully saturated rings. The fraction of sp³-hybridized carbons (Fsp3) is 0.348. The molecule has 4 heteroatoms. The van der Waals surface area contributed by atoms with Gasteiger partial charge in [-0.3, -0.25) is 0 Å². The van der Waals surface area contributed by atoms with Gasteiger partial charge in [0, 0.05) is 30.2 Å². The molecule has 1 heterocycles. The van der Waals surface area contributed by atoms with Crippen LogP contribution in [-0.4, -0.2) is 22.3 Å². The molecule has 27 heavy (non-hydrogen) atoms. The van der Waals surface area contributed by atoms with Gasteiger partial charge in [0.2, 0.25) is 0 Å². The minimum atomic E-state index is -0.494. The van der Waals surface area contributed by atoms with Crippen LogP contribution in [0, 0.1) is 0 Å². The van der Waals surface area contributed by atoms with Crippen molar-refractivity contribution < 1.29 is 9.53 Å². The zero-order valence-corrected chi connectivity index (χ0v) is 16.5. The molecule has 0 saturated carbocycles. The topological polar surface area (TPSA) is 43.3 Å². The van der Waals surface area contributed by atoms with Crippen molar-refractivity contribution in [1.29, 1.82) is 0 Å². The summed E-state index contributed by atoms with van der Waals surface area (Å²) in [5, 5.41) is 4.16. The molecular formula is C23H28N2O2. The van der Waals surface area contributed by atoms with Crippen molar-refractivity contribution in [3.05, 3.63) is 71.9 Å². The quantitative estimate of drug-likeness (QED) is 0.681. The molecule has 3 aromatic rings. The van der Waals surface area contributed by atoms with Gasteiger partial charge in [0.05, 0.1) is 0 Å². The summed E-state index contributed by atoms with van der Waals surface area (Å²) in [7, 11) is 0. The third-order valence-electron chi connectivity index (χ3n) is 4.36. The summed E-state index contributed by atoms with van der Waals surface area (Å²) in [6.07, 6.45) is 0.363. The number of carbonyl (C=O) groups is 1. The monoisotopic (exact) mass is 364 g/mol. The predicted octanol–water partition coefficient (Wildman–Crippen LogP) is 5.15. The molecule has 0 bridgehead atoms. The first-order valence-corrected chi connectivity index (χ1v) is 9.42. The molecule has 1 amide bonds. The SMILES string of the molecule is C[C@H](Cc1cc2ccccc2n1Cc1ccccc1)NC(=O)OC(C)(C)C. The number of fused-ring (bicyclic) bond motifs is 1. The van der Waals surface area contributed by atoms with Crippen LogP contribution < -0.4 is 5.32 Å². The van der Waals surface area contributed by atoms with Gasteiger partial charge in [0.1, 0.15) is 5.60 Å². The van der Waals surface area contributed by atoms with Crippen LogP contribution in [0.3, 0.4) is 0 Å². The number of carbonyl (C=O) groups excluding carboxylic acids is 1. The number of alkyl carbamates (subject to hydrolysis) is 1. The largest absolute Gasteiger partial charge is 0.444 e. The maximum Gasteiger partial charge on any atom is 0.407 e. The van der Waals surface area contributed by atoms with Crippen molar-refractivity contribution in [2.24, 2.45) is 0 Å². The van der Waals surface area contributed by atoms with Crippen molar-refractivity contribution in [3.63, 3.8) is 0 Å². The molecular weight excluding hydrogens is 336 g/mol. The Morgan fingerprint density at radius 3 is 2.44 bits per heavy atom. The zero-order chi connectivity index (χ0) is 19.4. The first kappa shape index (κ1) is 19.0. The lowest BCUT2D eigenvalue weighted by molar-refractivity contribution is 0.0508. The number of hydrogen-bond acceptors (Lipinski definition) is 2. The van der Waals surface area contributed by atoms with Crippen LogP contribution in [0.25, 0.3) is 10.9 Å². The molecule has 0 aliphatic heterocycles. The summed E-state index contributed by atoms with van der Waals surface area (Å²) >= 11 is 0. The highest BCUT2D eigenvalue weighted by Gasteiger charge is 2.19. The second-order valence-corrected chi connectivity index (χ2v) is 8.02. The van der Waals surface area contributed by atoms with Crippen LogP contribution >= 0.6 is 0 Å². The third kappa shape index (κ3) is 5.13. The Morgan fingerprint density at radius 2 is 1.74 bits per heavy atom. The Hall–Kier alpha value is -2.75. The van der Waals surface area contributed by atoms with Crippen LogP contribution in [0.5, 0.6) is 0 Å². The zero-order valence-electron chi connectivity index (χ0n) is 16.5. The average molecular weight is 364 g/mol. The summed E-state index contributed by atoms with van der Waals surface area (Å²) in [4.78, 5) is 12.1. The van der Waals surface area contributed by atoms with Crippen molar-refractivity contribution in [1.82, 2.24) is 9.88 Å². The van der Waals surface area contributed by atoms with E-state index in [1.54, 1.807) is 0 Å². The second-order valence-electron chi connectivity index (χ2n) is 8.02. The Bertz CT molecular complexity index is 907. The van der Waals surface area contributed by atoms with E-state index in [0.717, 1.165) is 13.0 Å². The van der Waals surface area contributed by atoms with Gasteiger partial charge in [0.15, 0.2) is 0 Å². The van der Waals surface area contributed by atoms with Crippen LogP contribution in [-0.2, 0) is 17.7 Å². The van der Waals surface area contributed by atoms with Crippen molar-refractivity contribution in [3.8, 4) is 0 Å². The Balaban J connectivity index is 1.81. The van der Waals surface area contributed by atoms with Gasteiger partial charge in [-0.2, -0.15) is 0 Å². The molecule has 0 aliphatic rings. The third-order valence-corrected chi connectivity index (χ3v) is 4.36. The van der Waals surface area contributed by atoms with E-state index in [2.05, 4.69) is 64.5 Å². The van der Waals surface area contributed by atoms with E-state index in [-0.39, 0.29) is 12.1 Å². The van der Waals surface area contributed by atoms with E-state index < -0.39 is 5.60 Å². The van der Waals surface area contributed by atoms with Crippen LogP contribution in [0.2, 0.25) is 0 Å². The highest BCUT2D eigenvalue weighted by molar-refractivity contribution is 5.81. The highest BCUT2D eigenvalue weighted by Crippen LogP contribution is 2.22. The maximum absolute atomic E-state index is 12.1. The average Bonchev–Trinajstić information content (AvgIpc) is 2.91. The lowest BCUT2D eigenvalue weighted by atomic mass is 10.1. The predicted molar refractivity (Wildman–Crippen MR) is 110 cm³/mol. The molecule has 1 aromatic heterocycles. The summed E-state index contributed by atoms with van der Waals surface area (Å²) < 4.78 is 7.71. The van der Waals surface area contributed by atoms with E-state index in [0.29, 0.717) is 0 Å². The molecule has 142 valence electrons. The molecule has 3 rings (SSSR count). The minimum Gasteiger partial charge on any atom is -0.444 e. The minimum absolute atomic E-state index is 0.0290.